The molecule has 0 unspecified atom stereocenters. The van der Waals surface area contributed by atoms with Gasteiger partial charge in [0, 0.05) is 21.9 Å². The molecule has 2 rings (SSSR count). The molecule has 0 atom stereocenters. The van der Waals surface area contributed by atoms with Crippen molar-refractivity contribution in [1.82, 2.24) is 0 Å². The van der Waals surface area contributed by atoms with Gasteiger partial charge in [-0.2, -0.15) is 0 Å². The van der Waals surface area contributed by atoms with Gasteiger partial charge in [0.15, 0.2) is 0 Å². The quantitative estimate of drug-likeness (QED) is 0.493. The summed E-state index contributed by atoms with van der Waals surface area (Å²) in [6, 6.07) is 6.42. The molecule has 1 nitrogen and oxygen atoms in total. The van der Waals surface area contributed by atoms with Gasteiger partial charge in [0.05, 0.1) is 4.47 Å². The smallest absolute Gasteiger partial charge is 0.144 e. The molecule has 0 spiro atoms. The Kier molecular flexibility index (Phi) is 4.42. The van der Waals surface area contributed by atoms with Gasteiger partial charge in [-0.1, -0.05) is 0 Å². The van der Waals surface area contributed by atoms with Crippen LogP contribution in [0.1, 0.15) is 5.56 Å². The van der Waals surface area contributed by atoms with Gasteiger partial charge in [0.2, 0.25) is 0 Å². The van der Waals surface area contributed by atoms with Gasteiger partial charge in [-0.3, -0.25) is 0 Å². The van der Waals surface area contributed by atoms with E-state index in [4.69, 9.17) is 5.73 Å². The number of halogens is 4. The molecule has 0 aliphatic rings. The second-order valence-electron chi connectivity index (χ2n) is 3.79. The minimum atomic E-state index is -0.631. The SMILES string of the molecule is Nc1cc(F)ccc1SCc1c(F)ccc(Br)c1F. The molecule has 2 N–H and O–H groups in total. The lowest BCUT2D eigenvalue weighted by atomic mass is 10.2. The van der Waals surface area contributed by atoms with Crippen LogP contribution in [-0.2, 0) is 5.75 Å². The van der Waals surface area contributed by atoms with E-state index in [1.165, 1.54) is 30.3 Å². The summed E-state index contributed by atoms with van der Waals surface area (Å²) in [6.45, 7) is 0. The Labute approximate surface area is 121 Å². The molecule has 0 heterocycles. The first-order chi connectivity index (χ1) is 8.99. The van der Waals surface area contributed by atoms with Crippen LogP contribution in [0.2, 0.25) is 0 Å². The summed E-state index contributed by atoms with van der Waals surface area (Å²) in [5.41, 5.74) is 5.85. The maximum atomic E-state index is 13.7. The van der Waals surface area contributed by atoms with Crippen LogP contribution in [0.25, 0.3) is 0 Å². The van der Waals surface area contributed by atoms with E-state index < -0.39 is 17.5 Å². The largest absolute Gasteiger partial charge is 0.398 e. The van der Waals surface area contributed by atoms with Crippen molar-refractivity contribution in [3.8, 4) is 0 Å². The molecule has 0 saturated heterocycles. The number of hydrogen-bond donors (Lipinski definition) is 1. The summed E-state index contributed by atoms with van der Waals surface area (Å²) in [5, 5.41) is 0. The van der Waals surface area contributed by atoms with Crippen molar-refractivity contribution in [2.75, 3.05) is 5.73 Å². The van der Waals surface area contributed by atoms with Crippen molar-refractivity contribution in [2.24, 2.45) is 0 Å². The first-order valence-electron chi connectivity index (χ1n) is 5.29. The molecule has 0 aromatic heterocycles. The van der Waals surface area contributed by atoms with Crippen LogP contribution >= 0.6 is 27.7 Å². The summed E-state index contributed by atoms with van der Waals surface area (Å²) in [6.07, 6.45) is 0. The number of rotatable bonds is 3. The molecule has 6 heteroatoms. The van der Waals surface area contributed by atoms with Gasteiger partial charge in [-0.25, -0.2) is 13.2 Å². The lowest BCUT2D eigenvalue weighted by Gasteiger charge is -2.08. The van der Waals surface area contributed by atoms with Crippen molar-refractivity contribution in [2.45, 2.75) is 10.6 Å². The highest BCUT2D eigenvalue weighted by Gasteiger charge is 2.13. The van der Waals surface area contributed by atoms with E-state index in [9.17, 15) is 13.2 Å². The van der Waals surface area contributed by atoms with E-state index in [1.807, 2.05) is 0 Å². The summed E-state index contributed by atoms with van der Waals surface area (Å²) in [4.78, 5) is 0.583. The van der Waals surface area contributed by atoms with E-state index in [2.05, 4.69) is 15.9 Å². The fourth-order valence-electron chi connectivity index (χ4n) is 1.50. The topological polar surface area (TPSA) is 26.0 Å². The molecule has 0 aliphatic heterocycles. The first-order valence-corrected chi connectivity index (χ1v) is 7.07. The first kappa shape index (κ1) is 14.3. The average molecular weight is 348 g/mol. The number of benzene rings is 2. The van der Waals surface area contributed by atoms with E-state index in [0.29, 0.717) is 4.90 Å². The average Bonchev–Trinajstić information content (AvgIpc) is 2.36. The standard InChI is InChI=1S/C13H9BrF3NS/c14-9-2-3-10(16)8(13(9)17)6-19-12-4-1-7(15)5-11(12)18/h1-5H,6,18H2. The van der Waals surface area contributed by atoms with E-state index in [0.717, 1.165) is 11.8 Å². The zero-order valence-corrected chi connectivity index (χ0v) is 12.0. The van der Waals surface area contributed by atoms with Gasteiger partial charge in [0.25, 0.3) is 0 Å². The molecule has 0 amide bonds. The summed E-state index contributed by atoms with van der Waals surface area (Å²) < 4.78 is 40.4. The molecule has 0 fully saturated rings. The predicted octanol–water partition coefficient (Wildman–Crippen LogP) is 4.74. The zero-order chi connectivity index (χ0) is 14.0. The number of nitrogens with two attached hydrogens (primary N) is 1. The maximum absolute atomic E-state index is 13.7. The van der Waals surface area contributed by atoms with E-state index in [-0.39, 0.29) is 21.5 Å². The van der Waals surface area contributed by atoms with Crippen molar-refractivity contribution >= 4 is 33.4 Å². The van der Waals surface area contributed by atoms with E-state index >= 15 is 0 Å². The highest BCUT2D eigenvalue weighted by molar-refractivity contribution is 9.10. The van der Waals surface area contributed by atoms with Crippen LogP contribution < -0.4 is 5.73 Å². The monoisotopic (exact) mass is 347 g/mol. The fraction of sp³-hybridized carbons (Fsp3) is 0.0769. The maximum Gasteiger partial charge on any atom is 0.144 e. The minimum Gasteiger partial charge on any atom is -0.398 e. The normalized spacial score (nSPS) is 10.7. The van der Waals surface area contributed by atoms with Crippen LogP contribution in [0.3, 0.4) is 0 Å². The van der Waals surface area contributed by atoms with Crippen LogP contribution in [-0.4, -0.2) is 0 Å². The lowest BCUT2D eigenvalue weighted by Crippen LogP contribution is -1.96. The fourth-order valence-corrected chi connectivity index (χ4v) is 2.83. The van der Waals surface area contributed by atoms with Crippen molar-refractivity contribution in [3.05, 3.63) is 57.8 Å². The minimum absolute atomic E-state index is 0.0388. The van der Waals surface area contributed by atoms with Gasteiger partial charge in [-0.15, -0.1) is 11.8 Å². The van der Waals surface area contributed by atoms with E-state index in [1.54, 1.807) is 0 Å². The number of nitrogen functional groups attached to an aromatic ring is 1. The molecule has 0 radical (unpaired) electrons. The zero-order valence-electron chi connectivity index (χ0n) is 9.59. The Balaban J connectivity index is 2.21. The van der Waals surface area contributed by atoms with Gasteiger partial charge < -0.3 is 5.73 Å². The number of thioether (sulfide) groups is 1. The third-order valence-corrected chi connectivity index (χ3v) is 4.21. The lowest BCUT2D eigenvalue weighted by molar-refractivity contribution is 0.562. The Morgan fingerprint density at radius 3 is 2.53 bits per heavy atom. The summed E-state index contributed by atoms with van der Waals surface area (Å²) in [7, 11) is 0. The van der Waals surface area contributed by atoms with Crippen LogP contribution in [0.4, 0.5) is 18.9 Å². The molecular formula is C13H9BrF3NS. The summed E-state index contributed by atoms with van der Waals surface area (Å²) >= 11 is 4.16. The Hall–Kier alpha value is -1.14. The molecule has 0 saturated carbocycles. The highest BCUT2D eigenvalue weighted by atomic mass is 79.9. The van der Waals surface area contributed by atoms with Gasteiger partial charge >= 0.3 is 0 Å². The van der Waals surface area contributed by atoms with Gasteiger partial charge in [0.1, 0.15) is 17.5 Å². The van der Waals surface area contributed by atoms with Crippen molar-refractivity contribution < 1.29 is 13.2 Å². The van der Waals surface area contributed by atoms with Crippen LogP contribution in [0.5, 0.6) is 0 Å². The molecule has 2 aromatic rings. The van der Waals surface area contributed by atoms with Gasteiger partial charge in [-0.05, 0) is 46.3 Å². The Bertz CT molecular complexity index is 619. The number of anilines is 1. The number of hydrogen-bond acceptors (Lipinski definition) is 2. The molecule has 19 heavy (non-hydrogen) atoms. The second-order valence-corrected chi connectivity index (χ2v) is 5.66. The Morgan fingerprint density at radius 2 is 1.84 bits per heavy atom. The second kappa shape index (κ2) is 5.88. The molecule has 0 bridgehead atoms. The Morgan fingerprint density at radius 1 is 1.11 bits per heavy atom. The highest BCUT2D eigenvalue weighted by Crippen LogP contribution is 2.31. The molecule has 0 aliphatic carbocycles. The summed E-state index contributed by atoms with van der Waals surface area (Å²) in [5.74, 6) is -1.61. The van der Waals surface area contributed by atoms with Crippen molar-refractivity contribution in [1.29, 1.82) is 0 Å². The predicted molar refractivity (Wildman–Crippen MR) is 74.4 cm³/mol. The molecule has 2 aromatic carbocycles. The van der Waals surface area contributed by atoms with Crippen LogP contribution in [0, 0.1) is 17.5 Å². The third kappa shape index (κ3) is 3.25. The molecular weight excluding hydrogens is 339 g/mol. The molecule has 100 valence electrons. The van der Waals surface area contributed by atoms with Crippen molar-refractivity contribution in [3.63, 3.8) is 0 Å². The van der Waals surface area contributed by atoms with Crippen LogP contribution in [0.15, 0.2) is 39.7 Å². The third-order valence-electron chi connectivity index (χ3n) is 2.48.